The summed E-state index contributed by atoms with van der Waals surface area (Å²) in [5.74, 6) is -0.561. The first kappa shape index (κ1) is 9.49. The number of carboxylic acids is 1. The highest BCUT2D eigenvalue weighted by Crippen LogP contribution is 2.35. The summed E-state index contributed by atoms with van der Waals surface area (Å²) in [5, 5.41) is 11.4. The molecule has 0 radical (unpaired) electrons. The van der Waals surface area contributed by atoms with Gasteiger partial charge in [-0.2, -0.15) is 0 Å². The summed E-state index contributed by atoms with van der Waals surface area (Å²) in [6, 6.07) is -0.651. The number of carbonyl (C=O) groups is 2. The average Bonchev–Trinajstić information content (AvgIpc) is 2.17. The molecule has 14 heavy (non-hydrogen) atoms. The SMILES string of the molecule is O=C(O)[C@@H]1C[C@@H]2CCCC[C@@H]2C(=O)N1. The number of carboxylic acid groups (broad SMARTS) is 1. The zero-order valence-corrected chi connectivity index (χ0v) is 8.03. The molecule has 0 unspecified atom stereocenters. The lowest BCUT2D eigenvalue weighted by molar-refractivity contribution is -0.146. The van der Waals surface area contributed by atoms with Crippen molar-refractivity contribution in [2.24, 2.45) is 11.8 Å². The maximum atomic E-state index is 11.6. The van der Waals surface area contributed by atoms with Crippen molar-refractivity contribution in [2.45, 2.75) is 38.1 Å². The van der Waals surface area contributed by atoms with Crippen LogP contribution in [0.15, 0.2) is 0 Å². The third-order valence-electron chi connectivity index (χ3n) is 3.40. The van der Waals surface area contributed by atoms with E-state index in [0.717, 1.165) is 25.7 Å². The summed E-state index contributed by atoms with van der Waals surface area (Å²) in [7, 11) is 0. The number of hydrogen-bond donors (Lipinski definition) is 2. The topological polar surface area (TPSA) is 66.4 Å². The highest BCUT2D eigenvalue weighted by atomic mass is 16.4. The monoisotopic (exact) mass is 197 g/mol. The summed E-state index contributed by atoms with van der Waals surface area (Å²) in [4.78, 5) is 22.3. The first-order chi connectivity index (χ1) is 6.68. The van der Waals surface area contributed by atoms with Gasteiger partial charge < -0.3 is 10.4 Å². The van der Waals surface area contributed by atoms with Crippen molar-refractivity contribution in [3.8, 4) is 0 Å². The number of carbonyl (C=O) groups excluding carboxylic acids is 1. The smallest absolute Gasteiger partial charge is 0.326 e. The summed E-state index contributed by atoms with van der Waals surface area (Å²) < 4.78 is 0. The van der Waals surface area contributed by atoms with Crippen LogP contribution in [0.4, 0.5) is 0 Å². The third kappa shape index (κ3) is 1.61. The van der Waals surface area contributed by atoms with Crippen molar-refractivity contribution in [1.82, 2.24) is 5.32 Å². The third-order valence-corrected chi connectivity index (χ3v) is 3.40. The highest BCUT2D eigenvalue weighted by molar-refractivity contribution is 5.86. The van der Waals surface area contributed by atoms with Crippen LogP contribution in [0.3, 0.4) is 0 Å². The second-order valence-corrected chi connectivity index (χ2v) is 4.29. The van der Waals surface area contributed by atoms with Crippen molar-refractivity contribution < 1.29 is 14.7 Å². The minimum absolute atomic E-state index is 0.0478. The summed E-state index contributed by atoms with van der Waals surface area (Å²) >= 11 is 0. The van der Waals surface area contributed by atoms with Gasteiger partial charge in [0.25, 0.3) is 0 Å². The Morgan fingerprint density at radius 3 is 2.79 bits per heavy atom. The van der Waals surface area contributed by atoms with Gasteiger partial charge in [-0.1, -0.05) is 12.8 Å². The van der Waals surface area contributed by atoms with E-state index in [2.05, 4.69) is 5.32 Å². The number of fused-ring (bicyclic) bond motifs is 1. The predicted octanol–water partition coefficient (Wildman–Crippen LogP) is 0.766. The molecular formula is C10H15NO3. The molecule has 0 spiro atoms. The van der Waals surface area contributed by atoms with Crippen LogP contribution in [0.2, 0.25) is 0 Å². The van der Waals surface area contributed by atoms with Crippen LogP contribution in [0.1, 0.15) is 32.1 Å². The van der Waals surface area contributed by atoms with E-state index in [-0.39, 0.29) is 11.8 Å². The molecule has 0 aromatic carbocycles. The Hall–Kier alpha value is -1.06. The largest absolute Gasteiger partial charge is 0.480 e. The molecule has 1 amide bonds. The average molecular weight is 197 g/mol. The minimum atomic E-state index is -0.901. The number of rotatable bonds is 1. The summed E-state index contributed by atoms with van der Waals surface area (Å²) in [6.45, 7) is 0. The molecule has 4 heteroatoms. The van der Waals surface area contributed by atoms with Gasteiger partial charge in [-0.3, -0.25) is 4.79 Å². The Balaban J connectivity index is 2.08. The molecule has 0 aromatic heterocycles. The van der Waals surface area contributed by atoms with Gasteiger partial charge in [-0.15, -0.1) is 0 Å². The maximum absolute atomic E-state index is 11.6. The molecule has 0 bridgehead atoms. The first-order valence-corrected chi connectivity index (χ1v) is 5.21. The molecule has 1 saturated carbocycles. The van der Waals surface area contributed by atoms with Gasteiger partial charge in [-0.25, -0.2) is 4.79 Å². The molecule has 78 valence electrons. The van der Waals surface area contributed by atoms with E-state index in [1.54, 1.807) is 0 Å². The Kier molecular flexibility index (Phi) is 2.44. The zero-order chi connectivity index (χ0) is 10.1. The first-order valence-electron chi connectivity index (χ1n) is 5.21. The summed E-state index contributed by atoms with van der Waals surface area (Å²) in [6.07, 6.45) is 4.81. The molecule has 0 aromatic rings. The molecule has 1 saturated heterocycles. The number of aliphatic carboxylic acids is 1. The molecule has 2 fully saturated rings. The van der Waals surface area contributed by atoms with E-state index in [1.807, 2.05) is 0 Å². The fraction of sp³-hybridized carbons (Fsp3) is 0.800. The Bertz CT molecular complexity index is 264. The number of hydrogen-bond acceptors (Lipinski definition) is 2. The summed E-state index contributed by atoms with van der Waals surface area (Å²) in [5.41, 5.74) is 0. The van der Waals surface area contributed by atoms with E-state index in [9.17, 15) is 9.59 Å². The van der Waals surface area contributed by atoms with Crippen LogP contribution >= 0.6 is 0 Å². The standard InChI is InChI=1S/C10H15NO3/c12-9-7-4-2-1-3-6(7)5-8(11-9)10(13)14/h6-8H,1-5H2,(H,11,12)(H,13,14)/t6-,7-,8-/m0/s1. The van der Waals surface area contributed by atoms with Gasteiger partial charge in [0.1, 0.15) is 6.04 Å². The number of amides is 1. The van der Waals surface area contributed by atoms with E-state index in [1.165, 1.54) is 0 Å². The molecule has 2 N–H and O–H groups in total. The van der Waals surface area contributed by atoms with Gasteiger partial charge in [-0.05, 0) is 25.2 Å². The molecular weight excluding hydrogens is 182 g/mol. The second kappa shape index (κ2) is 3.59. The van der Waals surface area contributed by atoms with Gasteiger partial charge in [0, 0.05) is 5.92 Å². The molecule has 1 heterocycles. The normalized spacial score (nSPS) is 37.1. The van der Waals surface area contributed by atoms with E-state index >= 15 is 0 Å². The van der Waals surface area contributed by atoms with Gasteiger partial charge in [0.2, 0.25) is 5.91 Å². The number of piperidine rings is 1. The van der Waals surface area contributed by atoms with Crippen LogP contribution < -0.4 is 5.32 Å². The van der Waals surface area contributed by atoms with E-state index < -0.39 is 12.0 Å². The molecule has 2 aliphatic rings. The van der Waals surface area contributed by atoms with Crippen molar-refractivity contribution in [2.75, 3.05) is 0 Å². The Labute approximate surface area is 82.7 Å². The highest BCUT2D eigenvalue weighted by Gasteiger charge is 2.39. The van der Waals surface area contributed by atoms with Crippen LogP contribution in [-0.2, 0) is 9.59 Å². The lowest BCUT2D eigenvalue weighted by Crippen LogP contribution is -2.52. The second-order valence-electron chi connectivity index (χ2n) is 4.29. The van der Waals surface area contributed by atoms with Crippen molar-refractivity contribution in [3.05, 3.63) is 0 Å². The molecule has 4 nitrogen and oxygen atoms in total. The minimum Gasteiger partial charge on any atom is -0.480 e. The number of nitrogens with one attached hydrogen (secondary N) is 1. The van der Waals surface area contributed by atoms with Crippen LogP contribution in [-0.4, -0.2) is 23.0 Å². The molecule has 1 aliphatic heterocycles. The van der Waals surface area contributed by atoms with Gasteiger partial charge in [0.05, 0.1) is 0 Å². The predicted molar refractivity (Wildman–Crippen MR) is 49.6 cm³/mol. The molecule has 3 atom stereocenters. The van der Waals surface area contributed by atoms with E-state index in [4.69, 9.17) is 5.11 Å². The van der Waals surface area contributed by atoms with Crippen LogP contribution in [0.25, 0.3) is 0 Å². The van der Waals surface area contributed by atoms with Crippen molar-refractivity contribution in [3.63, 3.8) is 0 Å². The molecule has 2 rings (SSSR count). The van der Waals surface area contributed by atoms with E-state index in [0.29, 0.717) is 12.3 Å². The fourth-order valence-corrected chi connectivity index (χ4v) is 2.64. The Morgan fingerprint density at radius 1 is 1.36 bits per heavy atom. The fourth-order valence-electron chi connectivity index (χ4n) is 2.64. The Morgan fingerprint density at radius 2 is 2.07 bits per heavy atom. The molecule has 1 aliphatic carbocycles. The van der Waals surface area contributed by atoms with Crippen LogP contribution in [0.5, 0.6) is 0 Å². The van der Waals surface area contributed by atoms with Crippen molar-refractivity contribution in [1.29, 1.82) is 0 Å². The van der Waals surface area contributed by atoms with Crippen molar-refractivity contribution >= 4 is 11.9 Å². The zero-order valence-electron chi connectivity index (χ0n) is 8.03. The lowest BCUT2D eigenvalue weighted by Gasteiger charge is -2.37. The maximum Gasteiger partial charge on any atom is 0.326 e. The van der Waals surface area contributed by atoms with Gasteiger partial charge in [0.15, 0.2) is 0 Å². The quantitative estimate of drug-likeness (QED) is 0.652. The van der Waals surface area contributed by atoms with Gasteiger partial charge >= 0.3 is 5.97 Å². The van der Waals surface area contributed by atoms with Crippen LogP contribution in [0, 0.1) is 11.8 Å². The lowest BCUT2D eigenvalue weighted by atomic mass is 9.73.